The lowest BCUT2D eigenvalue weighted by molar-refractivity contribution is -0.140. The SMILES string of the molecule is CN=C(NCCC(=O)OC)NCC(C)(C)c1ccccc1.I. The van der Waals surface area contributed by atoms with E-state index in [9.17, 15) is 4.79 Å². The molecule has 0 bridgehead atoms. The summed E-state index contributed by atoms with van der Waals surface area (Å²) in [4.78, 5) is 15.2. The zero-order valence-electron chi connectivity index (χ0n) is 13.7. The predicted octanol–water partition coefficient (Wildman–Crippen LogP) is 2.31. The van der Waals surface area contributed by atoms with Crippen LogP contribution in [-0.4, -0.2) is 39.2 Å². The summed E-state index contributed by atoms with van der Waals surface area (Å²) in [6.07, 6.45) is 0.319. The zero-order chi connectivity index (χ0) is 15.7. The molecule has 0 unspecified atom stereocenters. The summed E-state index contributed by atoms with van der Waals surface area (Å²) in [6, 6.07) is 10.3. The van der Waals surface area contributed by atoms with Gasteiger partial charge in [0.2, 0.25) is 0 Å². The van der Waals surface area contributed by atoms with Crippen LogP contribution in [0.4, 0.5) is 0 Å². The number of carbonyl (C=O) groups is 1. The number of nitrogens with zero attached hydrogens (tertiary/aromatic N) is 1. The average molecular weight is 419 g/mol. The van der Waals surface area contributed by atoms with E-state index in [2.05, 4.69) is 46.3 Å². The van der Waals surface area contributed by atoms with Crippen LogP contribution in [0.2, 0.25) is 0 Å². The molecule has 5 nitrogen and oxygen atoms in total. The Morgan fingerprint density at radius 3 is 2.41 bits per heavy atom. The van der Waals surface area contributed by atoms with Gasteiger partial charge in [0.05, 0.1) is 13.5 Å². The van der Waals surface area contributed by atoms with Gasteiger partial charge in [0.25, 0.3) is 0 Å². The third-order valence-electron chi connectivity index (χ3n) is 3.33. The summed E-state index contributed by atoms with van der Waals surface area (Å²) in [5.41, 5.74) is 1.25. The van der Waals surface area contributed by atoms with Gasteiger partial charge in [-0.15, -0.1) is 24.0 Å². The number of guanidine groups is 1. The second-order valence-corrected chi connectivity index (χ2v) is 5.43. The van der Waals surface area contributed by atoms with Crippen molar-refractivity contribution < 1.29 is 9.53 Å². The highest BCUT2D eigenvalue weighted by Crippen LogP contribution is 2.21. The zero-order valence-corrected chi connectivity index (χ0v) is 16.0. The fourth-order valence-electron chi connectivity index (χ4n) is 1.90. The van der Waals surface area contributed by atoms with Crippen molar-refractivity contribution in [2.45, 2.75) is 25.7 Å². The van der Waals surface area contributed by atoms with Crippen molar-refractivity contribution in [1.29, 1.82) is 0 Å². The molecule has 0 saturated heterocycles. The van der Waals surface area contributed by atoms with Crippen molar-refractivity contribution in [1.82, 2.24) is 10.6 Å². The van der Waals surface area contributed by atoms with E-state index in [1.54, 1.807) is 7.05 Å². The molecule has 1 aromatic carbocycles. The van der Waals surface area contributed by atoms with E-state index in [4.69, 9.17) is 0 Å². The number of hydrogen-bond donors (Lipinski definition) is 2. The topological polar surface area (TPSA) is 62.7 Å². The standard InChI is InChI=1S/C16H25N3O2.HI/c1-16(2,13-8-6-5-7-9-13)12-19-15(17-3)18-11-10-14(20)21-4;/h5-9H,10-12H2,1-4H3,(H2,17,18,19);1H. The number of esters is 1. The number of methoxy groups -OCH3 is 1. The number of nitrogens with one attached hydrogen (secondary N) is 2. The predicted molar refractivity (Wildman–Crippen MR) is 101 cm³/mol. The molecule has 0 aromatic heterocycles. The van der Waals surface area contributed by atoms with Crippen LogP contribution in [0.15, 0.2) is 35.3 Å². The van der Waals surface area contributed by atoms with E-state index < -0.39 is 0 Å². The van der Waals surface area contributed by atoms with Gasteiger partial charge in [-0.2, -0.15) is 0 Å². The smallest absolute Gasteiger partial charge is 0.307 e. The Kier molecular flexibility index (Phi) is 9.80. The number of benzene rings is 1. The molecule has 1 aromatic rings. The molecule has 0 atom stereocenters. The molecule has 0 aliphatic carbocycles. The van der Waals surface area contributed by atoms with Crippen LogP contribution < -0.4 is 10.6 Å². The van der Waals surface area contributed by atoms with Crippen LogP contribution >= 0.6 is 24.0 Å². The summed E-state index contributed by atoms with van der Waals surface area (Å²) in [5.74, 6) is 0.450. The van der Waals surface area contributed by atoms with Crippen LogP contribution in [0.5, 0.6) is 0 Å². The third kappa shape index (κ3) is 7.11. The Balaban J connectivity index is 0.00000441. The molecule has 124 valence electrons. The van der Waals surface area contributed by atoms with Crippen molar-refractivity contribution in [3.63, 3.8) is 0 Å². The summed E-state index contributed by atoms with van der Waals surface area (Å²) in [6.45, 7) is 5.60. The van der Waals surface area contributed by atoms with E-state index in [0.717, 1.165) is 6.54 Å². The van der Waals surface area contributed by atoms with Crippen LogP contribution in [0.25, 0.3) is 0 Å². The minimum Gasteiger partial charge on any atom is -0.469 e. The molecule has 1 rings (SSSR count). The lowest BCUT2D eigenvalue weighted by Gasteiger charge is -2.26. The molecule has 0 fully saturated rings. The molecule has 6 heteroatoms. The molecule has 0 spiro atoms. The number of aliphatic imine (C=N–C) groups is 1. The van der Waals surface area contributed by atoms with Gasteiger partial charge in [0.1, 0.15) is 0 Å². The van der Waals surface area contributed by atoms with Crippen molar-refractivity contribution in [2.75, 3.05) is 27.2 Å². The maximum atomic E-state index is 11.1. The largest absolute Gasteiger partial charge is 0.469 e. The molecule has 0 radical (unpaired) electrons. The Labute approximate surface area is 149 Å². The number of halogens is 1. The molecule has 22 heavy (non-hydrogen) atoms. The van der Waals surface area contributed by atoms with Crippen molar-refractivity contribution in [2.24, 2.45) is 4.99 Å². The van der Waals surface area contributed by atoms with Crippen LogP contribution in [0.1, 0.15) is 25.8 Å². The van der Waals surface area contributed by atoms with E-state index in [-0.39, 0.29) is 35.4 Å². The van der Waals surface area contributed by atoms with Gasteiger partial charge in [0, 0.05) is 25.6 Å². The molecule has 0 saturated carbocycles. The number of ether oxygens (including phenoxy) is 1. The van der Waals surface area contributed by atoms with Crippen LogP contribution in [0, 0.1) is 0 Å². The summed E-state index contributed by atoms with van der Waals surface area (Å²) in [5, 5.41) is 6.38. The van der Waals surface area contributed by atoms with Crippen molar-refractivity contribution in [3.05, 3.63) is 35.9 Å². The molecular formula is C16H26IN3O2. The lowest BCUT2D eigenvalue weighted by Crippen LogP contribution is -2.44. The lowest BCUT2D eigenvalue weighted by atomic mass is 9.85. The van der Waals surface area contributed by atoms with Crippen LogP contribution in [0.3, 0.4) is 0 Å². The Bertz CT molecular complexity index is 476. The summed E-state index contributed by atoms with van der Waals surface area (Å²) >= 11 is 0. The molecule has 0 amide bonds. The average Bonchev–Trinajstić information content (AvgIpc) is 2.51. The van der Waals surface area contributed by atoms with Crippen LogP contribution in [-0.2, 0) is 14.9 Å². The van der Waals surface area contributed by atoms with Gasteiger partial charge in [0.15, 0.2) is 5.96 Å². The van der Waals surface area contributed by atoms with E-state index in [1.165, 1.54) is 12.7 Å². The third-order valence-corrected chi connectivity index (χ3v) is 3.33. The first-order chi connectivity index (χ1) is 9.99. The van der Waals surface area contributed by atoms with E-state index in [0.29, 0.717) is 18.9 Å². The first kappa shape index (κ1) is 20.7. The second kappa shape index (κ2) is 10.4. The second-order valence-electron chi connectivity index (χ2n) is 5.43. The quantitative estimate of drug-likeness (QED) is 0.322. The summed E-state index contributed by atoms with van der Waals surface area (Å²) < 4.78 is 4.60. The fourth-order valence-corrected chi connectivity index (χ4v) is 1.90. The molecule has 2 N–H and O–H groups in total. The van der Waals surface area contributed by atoms with Gasteiger partial charge in [-0.1, -0.05) is 44.2 Å². The molecule has 0 aliphatic heterocycles. The van der Waals surface area contributed by atoms with Gasteiger partial charge >= 0.3 is 5.97 Å². The number of carbonyl (C=O) groups excluding carboxylic acids is 1. The first-order valence-corrected chi connectivity index (χ1v) is 7.06. The highest BCUT2D eigenvalue weighted by atomic mass is 127. The van der Waals surface area contributed by atoms with E-state index in [1.807, 2.05) is 18.2 Å². The van der Waals surface area contributed by atoms with Gasteiger partial charge in [-0.05, 0) is 5.56 Å². The monoisotopic (exact) mass is 419 g/mol. The summed E-state index contributed by atoms with van der Waals surface area (Å²) in [7, 11) is 3.10. The Hall–Kier alpha value is -1.31. The minimum absolute atomic E-state index is 0. The molecule has 0 aliphatic rings. The molecular weight excluding hydrogens is 393 g/mol. The molecule has 0 heterocycles. The van der Waals surface area contributed by atoms with E-state index >= 15 is 0 Å². The Morgan fingerprint density at radius 2 is 1.86 bits per heavy atom. The van der Waals surface area contributed by atoms with Crippen molar-refractivity contribution >= 4 is 35.9 Å². The van der Waals surface area contributed by atoms with Gasteiger partial charge in [-0.3, -0.25) is 9.79 Å². The van der Waals surface area contributed by atoms with Crippen molar-refractivity contribution in [3.8, 4) is 0 Å². The minimum atomic E-state index is -0.234. The highest BCUT2D eigenvalue weighted by Gasteiger charge is 2.20. The number of hydrogen-bond acceptors (Lipinski definition) is 3. The van der Waals surface area contributed by atoms with Gasteiger partial charge < -0.3 is 15.4 Å². The fraction of sp³-hybridized carbons (Fsp3) is 0.500. The maximum absolute atomic E-state index is 11.1. The number of rotatable bonds is 6. The Morgan fingerprint density at radius 1 is 1.23 bits per heavy atom. The highest BCUT2D eigenvalue weighted by molar-refractivity contribution is 14.0. The normalized spacial score (nSPS) is 11.4. The van der Waals surface area contributed by atoms with Gasteiger partial charge in [-0.25, -0.2) is 0 Å². The first-order valence-electron chi connectivity index (χ1n) is 7.06. The maximum Gasteiger partial charge on any atom is 0.307 e.